The summed E-state index contributed by atoms with van der Waals surface area (Å²) in [4.78, 5) is 4.34. The van der Waals surface area contributed by atoms with Crippen molar-refractivity contribution in [1.29, 1.82) is 0 Å². The molecule has 1 heterocycles. The second-order valence-corrected chi connectivity index (χ2v) is 4.79. The van der Waals surface area contributed by atoms with E-state index in [1.807, 2.05) is 26.0 Å². The summed E-state index contributed by atoms with van der Waals surface area (Å²) in [7, 11) is 0. The van der Waals surface area contributed by atoms with Gasteiger partial charge in [0.25, 0.3) is 0 Å². The number of hydrogen-bond acceptors (Lipinski definition) is 4. The zero-order chi connectivity index (χ0) is 13.4. The van der Waals surface area contributed by atoms with Gasteiger partial charge in [0, 0.05) is 12.6 Å². The molecule has 0 saturated heterocycles. The van der Waals surface area contributed by atoms with Gasteiger partial charge in [-0.2, -0.15) is 0 Å². The molecule has 18 heavy (non-hydrogen) atoms. The summed E-state index contributed by atoms with van der Waals surface area (Å²) in [5.41, 5.74) is 1.02. The van der Waals surface area contributed by atoms with E-state index in [0.717, 1.165) is 18.0 Å². The highest BCUT2D eigenvalue weighted by Crippen LogP contribution is 2.09. The summed E-state index contributed by atoms with van der Waals surface area (Å²) in [6.45, 7) is 10.2. The quantitative estimate of drug-likeness (QED) is 0.721. The zero-order valence-corrected chi connectivity index (χ0v) is 11.8. The maximum Gasteiger partial charge on any atom is 0.137 e. The average Bonchev–Trinajstić information content (AvgIpc) is 2.33. The Kier molecular flexibility index (Phi) is 6.68. The molecule has 0 spiro atoms. The van der Waals surface area contributed by atoms with Gasteiger partial charge in [-0.1, -0.05) is 13.8 Å². The highest BCUT2D eigenvalue weighted by molar-refractivity contribution is 5.19. The highest BCUT2D eigenvalue weighted by atomic mass is 16.5. The Morgan fingerprint density at radius 3 is 2.50 bits per heavy atom. The number of nitrogens with zero attached hydrogens (tertiary/aromatic N) is 1. The highest BCUT2D eigenvalue weighted by Gasteiger charge is 1.99. The summed E-state index contributed by atoms with van der Waals surface area (Å²) in [6, 6.07) is 4.39. The summed E-state index contributed by atoms with van der Waals surface area (Å²) >= 11 is 0. The van der Waals surface area contributed by atoms with Crippen LogP contribution in [-0.4, -0.2) is 30.3 Å². The van der Waals surface area contributed by atoms with E-state index in [4.69, 9.17) is 9.47 Å². The van der Waals surface area contributed by atoms with Crippen molar-refractivity contribution in [3.05, 3.63) is 24.0 Å². The van der Waals surface area contributed by atoms with Crippen molar-refractivity contribution < 1.29 is 9.47 Å². The monoisotopic (exact) mass is 252 g/mol. The zero-order valence-electron chi connectivity index (χ0n) is 11.8. The van der Waals surface area contributed by atoms with E-state index in [0.29, 0.717) is 19.3 Å². The summed E-state index contributed by atoms with van der Waals surface area (Å²) in [6.07, 6.45) is 2.00. The first-order chi connectivity index (χ1) is 8.58. The minimum Gasteiger partial charge on any atom is -0.490 e. The molecule has 0 atom stereocenters. The van der Waals surface area contributed by atoms with Gasteiger partial charge >= 0.3 is 0 Å². The fourth-order valence-electron chi connectivity index (χ4n) is 1.35. The third-order valence-electron chi connectivity index (χ3n) is 2.29. The maximum absolute atomic E-state index is 5.53. The minimum atomic E-state index is 0.246. The van der Waals surface area contributed by atoms with E-state index in [9.17, 15) is 0 Å². The van der Waals surface area contributed by atoms with E-state index in [-0.39, 0.29) is 6.10 Å². The van der Waals surface area contributed by atoms with Gasteiger partial charge in [0.15, 0.2) is 0 Å². The molecule has 0 amide bonds. The molecule has 1 aromatic heterocycles. The number of pyridine rings is 1. The van der Waals surface area contributed by atoms with E-state index in [1.165, 1.54) is 0 Å². The molecule has 0 bridgehead atoms. The Morgan fingerprint density at radius 2 is 1.94 bits per heavy atom. The van der Waals surface area contributed by atoms with Crippen LogP contribution in [0.25, 0.3) is 0 Å². The lowest BCUT2D eigenvalue weighted by atomic mass is 10.3. The molecule has 0 aliphatic rings. The maximum atomic E-state index is 5.53. The standard InChI is InChI=1S/C14H24N2O2/c1-11(2)15-9-13-5-6-14(10-16-13)18-8-7-17-12(3)4/h5-6,10-12,15H,7-9H2,1-4H3. The average molecular weight is 252 g/mol. The van der Waals surface area contributed by atoms with Crippen molar-refractivity contribution in [2.45, 2.75) is 46.4 Å². The third-order valence-corrected chi connectivity index (χ3v) is 2.29. The SMILES string of the molecule is CC(C)NCc1ccc(OCCOC(C)C)cn1. The Balaban J connectivity index is 2.27. The molecule has 4 nitrogen and oxygen atoms in total. The van der Waals surface area contributed by atoms with Crippen LogP contribution < -0.4 is 10.1 Å². The topological polar surface area (TPSA) is 43.4 Å². The van der Waals surface area contributed by atoms with Crippen molar-refractivity contribution in [3.8, 4) is 5.75 Å². The van der Waals surface area contributed by atoms with E-state index in [1.54, 1.807) is 6.20 Å². The molecule has 1 rings (SSSR count). The van der Waals surface area contributed by atoms with Crippen LogP contribution in [0.1, 0.15) is 33.4 Å². The molecule has 1 aromatic rings. The minimum absolute atomic E-state index is 0.246. The first-order valence-corrected chi connectivity index (χ1v) is 6.50. The second kappa shape index (κ2) is 8.06. The number of rotatable bonds is 8. The third kappa shape index (κ3) is 6.57. The molecule has 0 unspecified atom stereocenters. The van der Waals surface area contributed by atoms with E-state index < -0.39 is 0 Å². The molecular formula is C14H24N2O2. The van der Waals surface area contributed by atoms with Crippen LogP contribution in [0.15, 0.2) is 18.3 Å². The van der Waals surface area contributed by atoms with Crippen molar-refractivity contribution in [2.75, 3.05) is 13.2 Å². The Bertz CT molecular complexity index is 323. The van der Waals surface area contributed by atoms with Gasteiger partial charge in [0.05, 0.1) is 24.6 Å². The largest absolute Gasteiger partial charge is 0.490 e. The number of nitrogens with one attached hydrogen (secondary N) is 1. The molecule has 0 radical (unpaired) electrons. The predicted octanol–water partition coefficient (Wildman–Crippen LogP) is 2.38. The molecule has 0 aliphatic carbocycles. The number of aromatic nitrogens is 1. The first kappa shape index (κ1) is 14.9. The van der Waals surface area contributed by atoms with Crippen LogP contribution in [0.4, 0.5) is 0 Å². The second-order valence-electron chi connectivity index (χ2n) is 4.79. The lowest BCUT2D eigenvalue weighted by Gasteiger charge is -2.10. The Labute approximate surface area is 110 Å². The first-order valence-electron chi connectivity index (χ1n) is 6.50. The smallest absolute Gasteiger partial charge is 0.137 e. The van der Waals surface area contributed by atoms with E-state index in [2.05, 4.69) is 24.1 Å². The lowest BCUT2D eigenvalue weighted by molar-refractivity contribution is 0.0552. The molecule has 1 N–H and O–H groups in total. The number of hydrogen-bond donors (Lipinski definition) is 1. The molecular weight excluding hydrogens is 228 g/mol. The Hall–Kier alpha value is -1.13. The van der Waals surface area contributed by atoms with Crippen LogP contribution in [-0.2, 0) is 11.3 Å². The lowest BCUT2D eigenvalue weighted by Crippen LogP contribution is -2.22. The van der Waals surface area contributed by atoms with Gasteiger partial charge in [0.2, 0.25) is 0 Å². The molecule has 0 aromatic carbocycles. The van der Waals surface area contributed by atoms with Crippen LogP contribution in [0.2, 0.25) is 0 Å². The van der Waals surface area contributed by atoms with Gasteiger partial charge < -0.3 is 14.8 Å². The van der Waals surface area contributed by atoms with Crippen molar-refractivity contribution in [2.24, 2.45) is 0 Å². The summed E-state index contributed by atoms with van der Waals surface area (Å²) in [5, 5.41) is 3.32. The van der Waals surface area contributed by atoms with Gasteiger partial charge in [-0.15, -0.1) is 0 Å². The Morgan fingerprint density at radius 1 is 1.17 bits per heavy atom. The fourth-order valence-corrected chi connectivity index (χ4v) is 1.35. The van der Waals surface area contributed by atoms with Gasteiger partial charge in [-0.3, -0.25) is 4.98 Å². The summed E-state index contributed by atoms with van der Waals surface area (Å²) < 4.78 is 10.9. The van der Waals surface area contributed by atoms with Gasteiger partial charge in [-0.25, -0.2) is 0 Å². The van der Waals surface area contributed by atoms with Gasteiger partial charge in [-0.05, 0) is 26.0 Å². The van der Waals surface area contributed by atoms with Gasteiger partial charge in [0.1, 0.15) is 12.4 Å². The van der Waals surface area contributed by atoms with Crippen LogP contribution in [0.5, 0.6) is 5.75 Å². The molecule has 0 fully saturated rings. The fraction of sp³-hybridized carbons (Fsp3) is 0.643. The van der Waals surface area contributed by atoms with Crippen molar-refractivity contribution >= 4 is 0 Å². The van der Waals surface area contributed by atoms with Crippen LogP contribution >= 0.6 is 0 Å². The van der Waals surface area contributed by atoms with Crippen LogP contribution in [0.3, 0.4) is 0 Å². The molecule has 102 valence electrons. The summed E-state index contributed by atoms with van der Waals surface area (Å²) in [5.74, 6) is 0.788. The van der Waals surface area contributed by atoms with Crippen molar-refractivity contribution in [1.82, 2.24) is 10.3 Å². The van der Waals surface area contributed by atoms with E-state index >= 15 is 0 Å². The van der Waals surface area contributed by atoms with Crippen molar-refractivity contribution in [3.63, 3.8) is 0 Å². The molecule has 0 saturated carbocycles. The van der Waals surface area contributed by atoms with Crippen LogP contribution in [0, 0.1) is 0 Å². The number of ether oxygens (including phenoxy) is 2. The molecule has 4 heteroatoms. The molecule has 0 aliphatic heterocycles. The normalized spacial score (nSPS) is 11.2. The predicted molar refractivity (Wildman–Crippen MR) is 72.8 cm³/mol.